The van der Waals surface area contributed by atoms with Gasteiger partial charge >= 0.3 is 0 Å². The van der Waals surface area contributed by atoms with Crippen LogP contribution in [0.5, 0.6) is 0 Å². The van der Waals surface area contributed by atoms with Crippen LogP contribution in [-0.2, 0) is 0 Å². The molecule has 2 aromatic heterocycles. The number of aromatic nitrogens is 2. The summed E-state index contributed by atoms with van der Waals surface area (Å²) in [6.07, 6.45) is 0. The second-order valence-electron chi connectivity index (χ2n) is 6.79. The summed E-state index contributed by atoms with van der Waals surface area (Å²) in [5.74, 6) is 0. The molecule has 1 N–H and O–H groups in total. The van der Waals surface area contributed by atoms with Gasteiger partial charge in [0.15, 0.2) is 0 Å². The molecule has 4 heteroatoms. The molecule has 4 aromatic rings. The summed E-state index contributed by atoms with van der Waals surface area (Å²) < 4.78 is 0. The summed E-state index contributed by atoms with van der Waals surface area (Å²) in [7, 11) is -1.56. The zero-order chi connectivity index (χ0) is 15.5. The molecule has 0 unspecified atom stereocenters. The number of fused-ring (bicyclic) bond motifs is 4. The molecular formula is C18H17ClN2Si. The number of pyridine rings is 1. The maximum absolute atomic E-state index is 6.18. The molecule has 0 radical (unpaired) electrons. The smallest absolute Gasteiger partial charge is 0.138 e. The second kappa shape index (κ2) is 4.57. The first-order chi connectivity index (χ1) is 10.4. The molecule has 0 aliphatic carbocycles. The van der Waals surface area contributed by atoms with Crippen molar-refractivity contribution in [1.29, 1.82) is 0 Å². The van der Waals surface area contributed by atoms with Crippen molar-refractivity contribution in [3.8, 4) is 0 Å². The molecule has 0 amide bonds. The molecule has 0 atom stereocenters. The van der Waals surface area contributed by atoms with E-state index in [2.05, 4.69) is 55.0 Å². The number of benzene rings is 2. The Morgan fingerprint density at radius 3 is 2.55 bits per heavy atom. The molecule has 0 saturated carbocycles. The average Bonchev–Trinajstić information content (AvgIpc) is 2.81. The van der Waals surface area contributed by atoms with Gasteiger partial charge in [-0.2, -0.15) is 0 Å². The molecular weight excluding hydrogens is 308 g/mol. The maximum Gasteiger partial charge on any atom is 0.138 e. The van der Waals surface area contributed by atoms with Crippen LogP contribution in [0.15, 0.2) is 42.5 Å². The highest BCUT2D eigenvalue weighted by Crippen LogP contribution is 2.29. The summed E-state index contributed by atoms with van der Waals surface area (Å²) in [5, 5.41) is 5.98. The van der Waals surface area contributed by atoms with Crippen molar-refractivity contribution in [2.24, 2.45) is 0 Å². The van der Waals surface area contributed by atoms with Crippen molar-refractivity contribution >= 4 is 57.7 Å². The van der Waals surface area contributed by atoms with E-state index in [0.717, 1.165) is 21.7 Å². The zero-order valence-electron chi connectivity index (χ0n) is 12.9. The minimum absolute atomic E-state index is 0.733. The van der Waals surface area contributed by atoms with Gasteiger partial charge in [0.2, 0.25) is 0 Å². The Morgan fingerprint density at radius 2 is 1.77 bits per heavy atom. The molecule has 0 aliphatic rings. The van der Waals surface area contributed by atoms with Crippen LogP contribution in [0.1, 0.15) is 0 Å². The molecule has 4 rings (SSSR count). The Hall–Kier alpha value is -1.84. The van der Waals surface area contributed by atoms with E-state index in [0.29, 0.717) is 0 Å². The Morgan fingerprint density at radius 1 is 1.00 bits per heavy atom. The van der Waals surface area contributed by atoms with Crippen LogP contribution in [-0.4, -0.2) is 18.0 Å². The van der Waals surface area contributed by atoms with E-state index in [1.807, 2.05) is 12.1 Å². The van der Waals surface area contributed by atoms with Gasteiger partial charge in [-0.1, -0.05) is 55.5 Å². The van der Waals surface area contributed by atoms with Gasteiger partial charge < -0.3 is 4.98 Å². The van der Waals surface area contributed by atoms with Crippen LogP contribution in [0.2, 0.25) is 24.7 Å². The van der Waals surface area contributed by atoms with E-state index in [1.165, 1.54) is 21.3 Å². The fourth-order valence-corrected chi connectivity index (χ4v) is 5.50. The molecule has 0 bridgehead atoms. The molecule has 2 aromatic carbocycles. The number of H-pyrrole nitrogens is 1. The number of para-hydroxylation sites is 1. The van der Waals surface area contributed by atoms with E-state index < -0.39 is 8.07 Å². The number of hydrogen-bond donors (Lipinski definition) is 1. The van der Waals surface area contributed by atoms with Gasteiger partial charge in [0.1, 0.15) is 5.65 Å². The summed E-state index contributed by atoms with van der Waals surface area (Å²) >= 11 is 6.18. The predicted octanol–water partition coefficient (Wildman–Crippen LogP) is 5.07. The SMILES string of the molecule is C[Si](C)(C)c1c2ccc(Cl)cc2nc2[nH]c3ccccc3c12. The number of aromatic amines is 1. The third-order valence-electron chi connectivity index (χ3n) is 4.15. The third-order valence-corrected chi connectivity index (χ3v) is 6.40. The minimum Gasteiger partial charge on any atom is -0.339 e. The Labute approximate surface area is 135 Å². The number of nitrogens with one attached hydrogen (secondary N) is 1. The molecule has 110 valence electrons. The quantitative estimate of drug-likeness (QED) is 0.487. The first-order valence-electron chi connectivity index (χ1n) is 7.45. The zero-order valence-corrected chi connectivity index (χ0v) is 14.6. The standard InChI is InChI=1S/C18H17ClN2Si/c1-22(2,3)17-13-9-8-11(19)10-15(13)21-18-16(17)12-6-4-5-7-14(12)20-18/h4-10H,1-3H3,(H,20,21). The van der Waals surface area contributed by atoms with E-state index in [1.54, 1.807) is 0 Å². The molecule has 0 aliphatic heterocycles. The monoisotopic (exact) mass is 324 g/mol. The lowest BCUT2D eigenvalue weighted by Gasteiger charge is -2.20. The first kappa shape index (κ1) is 13.8. The second-order valence-corrected chi connectivity index (χ2v) is 12.2. The van der Waals surface area contributed by atoms with Crippen LogP contribution in [0.25, 0.3) is 32.8 Å². The average molecular weight is 325 g/mol. The first-order valence-corrected chi connectivity index (χ1v) is 11.3. The summed E-state index contributed by atoms with van der Waals surface area (Å²) in [6.45, 7) is 7.16. The maximum atomic E-state index is 6.18. The highest BCUT2D eigenvalue weighted by atomic mass is 35.5. The van der Waals surface area contributed by atoms with Crippen LogP contribution in [0, 0.1) is 0 Å². The molecule has 22 heavy (non-hydrogen) atoms. The van der Waals surface area contributed by atoms with Gasteiger partial charge in [-0.3, -0.25) is 0 Å². The van der Waals surface area contributed by atoms with Gasteiger partial charge in [0, 0.05) is 26.7 Å². The Bertz CT molecular complexity index is 1030. The third kappa shape index (κ3) is 1.96. The van der Waals surface area contributed by atoms with Crippen molar-refractivity contribution < 1.29 is 0 Å². The molecule has 2 nitrogen and oxygen atoms in total. The number of rotatable bonds is 1. The summed E-state index contributed by atoms with van der Waals surface area (Å²) in [4.78, 5) is 8.30. The van der Waals surface area contributed by atoms with Crippen molar-refractivity contribution in [1.82, 2.24) is 9.97 Å². The summed E-state index contributed by atoms with van der Waals surface area (Å²) in [6, 6.07) is 14.5. The molecule has 0 fully saturated rings. The van der Waals surface area contributed by atoms with Crippen molar-refractivity contribution in [2.75, 3.05) is 0 Å². The predicted molar refractivity (Wildman–Crippen MR) is 99.1 cm³/mol. The topological polar surface area (TPSA) is 28.7 Å². The van der Waals surface area contributed by atoms with Crippen LogP contribution < -0.4 is 5.19 Å². The van der Waals surface area contributed by atoms with Gasteiger partial charge in [0.25, 0.3) is 0 Å². The number of nitrogens with zero attached hydrogens (tertiary/aromatic N) is 1. The highest BCUT2D eigenvalue weighted by molar-refractivity contribution is 6.92. The lowest BCUT2D eigenvalue weighted by Crippen LogP contribution is -2.38. The van der Waals surface area contributed by atoms with E-state index in [-0.39, 0.29) is 0 Å². The number of halogens is 1. The van der Waals surface area contributed by atoms with E-state index in [4.69, 9.17) is 16.6 Å². The highest BCUT2D eigenvalue weighted by Gasteiger charge is 2.25. The molecule has 0 saturated heterocycles. The fourth-order valence-electron chi connectivity index (χ4n) is 3.31. The summed E-state index contributed by atoms with van der Waals surface area (Å²) in [5.41, 5.74) is 3.09. The molecule has 0 spiro atoms. The normalized spacial score (nSPS) is 12.5. The number of hydrogen-bond acceptors (Lipinski definition) is 1. The molecule has 2 heterocycles. The lowest BCUT2D eigenvalue weighted by molar-refractivity contribution is 1.41. The largest absolute Gasteiger partial charge is 0.339 e. The van der Waals surface area contributed by atoms with Crippen LogP contribution in [0.3, 0.4) is 0 Å². The van der Waals surface area contributed by atoms with E-state index >= 15 is 0 Å². The lowest BCUT2D eigenvalue weighted by atomic mass is 10.1. The van der Waals surface area contributed by atoms with Crippen molar-refractivity contribution in [2.45, 2.75) is 19.6 Å². The van der Waals surface area contributed by atoms with Crippen molar-refractivity contribution in [3.05, 3.63) is 47.5 Å². The van der Waals surface area contributed by atoms with Gasteiger partial charge in [-0.25, -0.2) is 4.98 Å². The van der Waals surface area contributed by atoms with Crippen LogP contribution in [0.4, 0.5) is 0 Å². The van der Waals surface area contributed by atoms with E-state index in [9.17, 15) is 0 Å². The minimum atomic E-state index is -1.56. The van der Waals surface area contributed by atoms with Gasteiger partial charge in [0.05, 0.1) is 13.6 Å². The fraction of sp³-hybridized carbons (Fsp3) is 0.167. The Kier molecular flexibility index (Phi) is 2.87. The van der Waals surface area contributed by atoms with Gasteiger partial charge in [-0.15, -0.1) is 0 Å². The Balaban J connectivity index is 2.32. The van der Waals surface area contributed by atoms with Crippen LogP contribution >= 0.6 is 11.6 Å². The van der Waals surface area contributed by atoms with Crippen molar-refractivity contribution in [3.63, 3.8) is 0 Å². The van der Waals surface area contributed by atoms with Gasteiger partial charge in [-0.05, 0) is 23.4 Å².